The Morgan fingerprint density at radius 2 is 1.24 bits per heavy atom. The topological polar surface area (TPSA) is 20.2 Å². The lowest BCUT2D eigenvalue weighted by molar-refractivity contribution is 0.399. The van der Waals surface area contributed by atoms with Crippen molar-refractivity contribution in [2.24, 2.45) is 5.41 Å². The van der Waals surface area contributed by atoms with Crippen LogP contribution in [0.5, 0.6) is 0 Å². The molecule has 0 saturated carbocycles. The standard InChI is InChI=1S/C12H18.C11H16.CH4O/c1-10-6-5-7-11(9-8-10)12(2,3)4;1-9-5-7-10(8-6-9)11(2,3)4;1-2/h6-9H,5H2,1-4H3;5-8H,1-4H3;2H,1H3. The number of aliphatic hydroxyl groups is 1. The molecule has 1 N–H and O–H groups in total. The summed E-state index contributed by atoms with van der Waals surface area (Å²) < 4.78 is 0. The van der Waals surface area contributed by atoms with Crippen LogP contribution in [0.15, 0.2) is 59.7 Å². The van der Waals surface area contributed by atoms with E-state index in [1.807, 2.05) is 0 Å². The van der Waals surface area contributed by atoms with E-state index >= 15 is 0 Å². The molecule has 25 heavy (non-hydrogen) atoms. The summed E-state index contributed by atoms with van der Waals surface area (Å²) in [6.45, 7) is 17.7. The molecule has 2 rings (SSSR count). The van der Waals surface area contributed by atoms with Crippen molar-refractivity contribution in [2.75, 3.05) is 7.11 Å². The largest absolute Gasteiger partial charge is 0.400 e. The van der Waals surface area contributed by atoms with Crippen molar-refractivity contribution in [3.05, 3.63) is 70.8 Å². The maximum atomic E-state index is 7.00. The fourth-order valence-corrected chi connectivity index (χ4v) is 2.34. The molecule has 0 unspecified atom stereocenters. The Hall–Kier alpha value is -1.60. The van der Waals surface area contributed by atoms with E-state index in [0.717, 1.165) is 13.5 Å². The molecule has 1 nitrogen and oxygen atoms in total. The minimum atomic E-state index is 0.285. The zero-order chi connectivity index (χ0) is 19.7. The maximum absolute atomic E-state index is 7.00. The van der Waals surface area contributed by atoms with Crippen molar-refractivity contribution >= 4 is 0 Å². The summed E-state index contributed by atoms with van der Waals surface area (Å²) in [6, 6.07) is 8.74. The smallest absolute Gasteiger partial charge is 0.0319 e. The molecule has 0 saturated heterocycles. The highest BCUT2D eigenvalue weighted by atomic mass is 16.2. The first-order valence-electron chi connectivity index (χ1n) is 9.07. The second kappa shape index (κ2) is 10.4. The van der Waals surface area contributed by atoms with Gasteiger partial charge in [-0.1, -0.05) is 101 Å². The SMILES string of the molecule is CC1=CCC=C(C(C)(C)C)C=C1.CO.Cc1ccc(C(C)(C)C)cc1. The number of hydrogen-bond donors (Lipinski definition) is 1. The molecule has 1 heteroatoms. The molecule has 0 radical (unpaired) electrons. The number of hydrogen-bond acceptors (Lipinski definition) is 1. The van der Waals surface area contributed by atoms with Crippen molar-refractivity contribution in [3.8, 4) is 0 Å². The minimum Gasteiger partial charge on any atom is -0.400 e. The molecule has 140 valence electrons. The third-order valence-electron chi connectivity index (χ3n) is 4.09. The fourth-order valence-electron chi connectivity index (χ4n) is 2.34. The molecule has 0 aromatic heterocycles. The van der Waals surface area contributed by atoms with E-state index in [1.54, 1.807) is 0 Å². The lowest BCUT2D eigenvalue weighted by Gasteiger charge is -2.19. The molecular formula is C24H38O. The van der Waals surface area contributed by atoms with Crippen LogP contribution in [0.1, 0.15) is 66.0 Å². The Morgan fingerprint density at radius 3 is 1.68 bits per heavy atom. The van der Waals surface area contributed by atoms with E-state index in [1.165, 1.54) is 22.3 Å². The van der Waals surface area contributed by atoms with Gasteiger partial charge in [-0.3, -0.25) is 0 Å². The summed E-state index contributed by atoms with van der Waals surface area (Å²) in [6.07, 6.45) is 10.1. The van der Waals surface area contributed by atoms with Crippen LogP contribution in [0.3, 0.4) is 0 Å². The lowest BCUT2D eigenvalue weighted by atomic mass is 9.86. The average Bonchev–Trinajstić information content (AvgIpc) is 2.74. The predicted molar refractivity (Wildman–Crippen MR) is 113 cm³/mol. The van der Waals surface area contributed by atoms with Gasteiger partial charge in [0.1, 0.15) is 0 Å². The number of rotatable bonds is 0. The van der Waals surface area contributed by atoms with Gasteiger partial charge in [0.15, 0.2) is 0 Å². The van der Waals surface area contributed by atoms with E-state index in [9.17, 15) is 0 Å². The van der Waals surface area contributed by atoms with E-state index in [2.05, 4.69) is 104 Å². The minimum absolute atomic E-state index is 0.285. The van der Waals surface area contributed by atoms with Crippen molar-refractivity contribution in [3.63, 3.8) is 0 Å². The van der Waals surface area contributed by atoms with E-state index in [4.69, 9.17) is 5.11 Å². The summed E-state index contributed by atoms with van der Waals surface area (Å²) in [4.78, 5) is 0. The first kappa shape index (κ1) is 23.4. The summed E-state index contributed by atoms with van der Waals surface area (Å²) in [5, 5.41) is 7.00. The molecule has 1 aromatic rings. The normalized spacial score (nSPS) is 14.2. The second-order valence-corrected chi connectivity index (χ2v) is 8.54. The first-order chi connectivity index (χ1) is 11.5. The Balaban J connectivity index is 0.000000421. The van der Waals surface area contributed by atoms with Crippen LogP contribution in [-0.2, 0) is 5.41 Å². The molecule has 0 heterocycles. The Kier molecular flexibility index (Phi) is 9.74. The van der Waals surface area contributed by atoms with E-state index in [0.29, 0.717) is 0 Å². The fraction of sp³-hybridized carbons (Fsp3) is 0.500. The number of aryl methyl sites for hydroxylation is 1. The molecule has 0 spiro atoms. The summed E-state index contributed by atoms with van der Waals surface area (Å²) in [5.74, 6) is 0. The molecule has 0 fully saturated rings. The number of benzene rings is 1. The number of aliphatic hydroxyl groups excluding tert-OH is 1. The average molecular weight is 343 g/mol. The highest BCUT2D eigenvalue weighted by molar-refractivity contribution is 5.34. The van der Waals surface area contributed by atoms with Gasteiger partial charge in [-0.25, -0.2) is 0 Å². The van der Waals surface area contributed by atoms with E-state index < -0.39 is 0 Å². The van der Waals surface area contributed by atoms with Crippen LogP contribution < -0.4 is 0 Å². The van der Waals surface area contributed by atoms with Crippen molar-refractivity contribution in [1.29, 1.82) is 0 Å². The van der Waals surface area contributed by atoms with Crippen molar-refractivity contribution in [1.82, 2.24) is 0 Å². The van der Waals surface area contributed by atoms with Gasteiger partial charge in [-0.05, 0) is 42.2 Å². The van der Waals surface area contributed by atoms with Gasteiger partial charge in [0.25, 0.3) is 0 Å². The van der Waals surface area contributed by atoms with Crippen molar-refractivity contribution in [2.45, 2.75) is 67.2 Å². The van der Waals surface area contributed by atoms with Crippen LogP contribution >= 0.6 is 0 Å². The molecule has 0 bridgehead atoms. The molecule has 0 atom stereocenters. The molecule has 0 amide bonds. The van der Waals surface area contributed by atoms with Gasteiger partial charge in [-0.15, -0.1) is 0 Å². The summed E-state index contributed by atoms with van der Waals surface area (Å²) >= 11 is 0. The molecule has 1 aliphatic carbocycles. The first-order valence-corrected chi connectivity index (χ1v) is 9.07. The predicted octanol–water partition coefficient (Wildman–Crippen LogP) is 6.77. The highest BCUT2D eigenvalue weighted by Gasteiger charge is 2.14. The lowest BCUT2D eigenvalue weighted by Crippen LogP contribution is -2.10. The van der Waals surface area contributed by atoms with Gasteiger partial charge < -0.3 is 5.11 Å². The molecule has 1 aromatic carbocycles. The zero-order valence-electron chi connectivity index (χ0n) is 17.8. The van der Waals surface area contributed by atoms with Crippen LogP contribution in [0.4, 0.5) is 0 Å². The third kappa shape index (κ3) is 9.45. The zero-order valence-corrected chi connectivity index (χ0v) is 17.8. The van der Waals surface area contributed by atoms with Gasteiger partial charge in [0.05, 0.1) is 0 Å². The van der Waals surface area contributed by atoms with Gasteiger partial charge in [0.2, 0.25) is 0 Å². The van der Waals surface area contributed by atoms with Crippen LogP contribution in [0.25, 0.3) is 0 Å². The molecule has 1 aliphatic rings. The summed E-state index contributed by atoms with van der Waals surface area (Å²) in [7, 11) is 1.00. The Labute approximate surface area is 156 Å². The second-order valence-electron chi connectivity index (χ2n) is 8.54. The molecule has 0 aliphatic heterocycles. The van der Waals surface area contributed by atoms with Gasteiger partial charge in [-0.2, -0.15) is 0 Å². The maximum Gasteiger partial charge on any atom is 0.0319 e. The Bertz CT molecular complexity index is 584. The summed E-state index contributed by atoms with van der Waals surface area (Å²) in [5.41, 5.74) is 6.12. The monoisotopic (exact) mass is 342 g/mol. The van der Waals surface area contributed by atoms with Gasteiger partial charge >= 0.3 is 0 Å². The third-order valence-corrected chi connectivity index (χ3v) is 4.09. The Morgan fingerprint density at radius 1 is 0.720 bits per heavy atom. The van der Waals surface area contributed by atoms with Crippen LogP contribution in [0.2, 0.25) is 0 Å². The van der Waals surface area contributed by atoms with Crippen LogP contribution in [0, 0.1) is 12.3 Å². The van der Waals surface area contributed by atoms with E-state index in [-0.39, 0.29) is 10.8 Å². The van der Waals surface area contributed by atoms with Gasteiger partial charge in [0, 0.05) is 7.11 Å². The molecular weight excluding hydrogens is 304 g/mol. The van der Waals surface area contributed by atoms with Crippen molar-refractivity contribution < 1.29 is 5.11 Å². The number of allylic oxidation sites excluding steroid dienone is 6. The highest BCUT2D eigenvalue weighted by Crippen LogP contribution is 2.28. The van der Waals surface area contributed by atoms with Crippen LogP contribution in [-0.4, -0.2) is 12.2 Å². The quantitative estimate of drug-likeness (QED) is 0.552.